The van der Waals surface area contributed by atoms with E-state index in [1.165, 1.54) is 18.2 Å². The molecule has 1 atom stereocenters. The van der Waals surface area contributed by atoms with Crippen molar-refractivity contribution in [1.82, 2.24) is 5.32 Å². The van der Waals surface area contributed by atoms with Crippen molar-refractivity contribution >= 4 is 28.9 Å². The van der Waals surface area contributed by atoms with Gasteiger partial charge in [-0.05, 0) is 31.0 Å². The molecule has 1 fully saturated rings. The molecule has 0 aromatic heterocycles. The number of hydrogen-bond donors (Lipinski definition) is 2. The van der Waals surface area contributed by atoms with Crippen LogP contribution in [0.5, 0.6) is 0 Å². The van der Waals surface area contributed by atoms with E-state index in [4.69, 9.17) is 11.6 Å². The van der Waals surface area contributed by atoms with Gasteiger partial charge in [-0.15, -0.1) is 0 Å². The molecule has 0 spiro atoms. The highest BCUT2D eigenvalue weighted by molar-refractivity contribution is 6.31. The zero-order chi connectivity index (χ0) is 15.6. The van der Waals surface area contributed by atoms with Crippen LogP contribution in [0.25, 0.3) is 0 Å². The molecule has 21 heavy (non-hydrogen) atoms. The third-order valence-corrected chi connectivity index (χ3v) is 4.39. The molecule has 114 valence electrons. The van der Waals surface area contributed by atoms with Gasteiger partial charge in [0, 0.05) is 17.6 Å². The van der Waals surface area contributed by atoms with Crippen molar-refractivity contribution in [2.45, 2.75) is 20.3 Å². The van der Waals surface area contributed by atoms with Crippen LogP contribution >= 0.6 is 11.6 Å². The minimum atomic E-state index is -0.545. The Bertz CT molecular complexity index is 569. The van der Waals surface area contributed by atoms with E-state index >= 15 is 0 Å². The van der Waals surface area contributed by atoms with E-state index in [-0.39, 0.29) is 28.2 Å². The van der Waals surface area contributed by atoms with Crippen molar-refractivity contribution in [3.8, 4) is 0 Å². The monoisotopic (exact) mass is 311 g/mol. The highest BCUT2D eigenvalue weighted by atomic mass is 35.5. The average molecular weight is 312 g/mol. The molecule has 0 bridgehead atoms. The van der Waals surface area contributed by atoms with Crippen LogP contribution in [-0.2, 0) is 4.79 Å². The van der Waals surface area contributed by atoms with Gasteiger partial charge in [-0.25, -0.2) is 0 Å². The second-order valence-corrected chi connectivity index (χ2v) is 6.05. The molecule has 0 saturated carbocycles. The standard InChI is InChI=1S/C14H18ClN3O3/c1-9(2)14(5-6-16-8-14)13(19)17-11-4-3-10(15)7-12(11)18(20)21/h3-4,7,9,16H,5-6,8H2,1-2H3,(H,17,19). The van der Waals surface area contributed by atoms with Gasteiger partial charge in [0.15, 0.2) is 0 Å². The van der Waals surface area contributed by atoms with Gasteiger partial charge in [0.1, 0.15) is 5.69 Å². The molecule has 1 aromatic carbocycles. The number of anilines is 1. The van der Waals surface area contributed by atoms with E-state index in [0.717, 1.165) is 13.0 Å². The number of amides is 1. The lowest BCUT2D eigenvalue weighted by Gasteiger charge is -2.30. The Morgan fingerprint density at radius 1 is 1.52 bits per heavy atom. The summed E-state index contributed by atoms with van der Waals surface area (Å²) in [6.45, 7) is 5.33. The van der Waals surface area contributed by atoms with Crippen LogP contribution in [-0.4, -0.2) is 23.9 Å². The summed E-state index contributed by atoms with van der Waals surface area (Å²) in [5, 5.41) is 17.2. The lowest BCUT2D eigenvalue weighted by molar-refractivity contribution is -0.383. The third-order valence-electron chi connectivity index (χ3n) is 4.15. The first-order valence-electron chi connectivity index (χ1n) is 6.83. The molecule has 1 heterocycles. The van der Waals surface area contributed by atoms with E-state index in [1.54, 1.807) is 0 Å². The first-order chi connectivity index (χ1) is 9.86. The number of rotatable bonds is 4. The predicted octanol–water partition coefficient (Wildman–Crippen LogP) is 2.82. The predicted molar refractivity (Wildman–Crippen MR) is 81.5 cm³/mol. The van der Waals surface area contributed by atoms with Crippen LogP contribution in [0.3, 0.4) is 0 Å². The Labute approximate surface area is 128 Å². The van der Waals surface area contributed by atoms with Gasteiger partial charge in [0.2, 0.25) is 5.91 Å². The maximum absolute atomic E-state index is 12.6. The summed E-state index contributed by atoms with van der Waals surface area (Å²) < 4.78 is 0. The molecule has 2 N–H and O–H groups in total. The van der Waals surface area contributed by atoms with E-state index in [9.17, 15) is 14.9 Å². The quantitative estimate of drug-likeness (QED) is 0.661. The lowest BCUT2D eigenvalue weighted by Crippen LogP contribution is -2.42. The minimum absolute atomic E-state index is 0.138. The van der Waals surface area contributed by atoms with Gasteiger partial charge < -0.3 is 10.6 Å². The molecule has 1 unspecified atom stereocenters. The van der Waals surface area contributed by atoms with Crippen molar-refractivity contribution in [3.05, 3.63) is 33.3 Å². The van der Waals surface area contributed by atoms with Crippen LogP contribution < -0.4 is 10.6 Å². The van der Waals surface area contributed by atoms with Gasteiger partial charge in [-0.2, -0.15) is 0 Å². The number of carbonyl (C=O) groups is 1. The molecular formula is C14H18ClN3O3. The van der Waals surface area contributed by atoms with Gasteiger partial charge in [-0.1, -0.05) is 25.4 Å². The average Bonchev–Trinajstić information content (AvgIpc) is 2.91. The van der Waals surface area contributed by atoms with E-state index in [1.807, 2.05) is 13.8 Å². The summed E-state index contributed by atoms with van der Waals surface area (Å²) >= 11 is 5.78. The van der Waals surface area contributed by atoms with Crippen molar-refractivity contribution in [2.24, 2.45) is 11.3 Å². The number of nitrogens with zero attached hydrogens (tertiary/aromatic N) is 1. The fourth-order valence-electron chi connectivity index (χ4n) is 2.67. The molecule has 0 radical (unpaired) electrons. The summed E-state index contributed by atoms with van der Waals surface area (Å²) in [6, 6.07) is 4.24. The van der Waals surface area contributed by atoms with Crippen molar-refractivity contribution in [2.75, 3.05) is 18.4 Å². The molecule has 0 aliphatic carbocycles. The van der Waals surface area contributed by atoms with Gasteiger partial charge in [-0.3, -0.25) is 14.9 Å². The van der Waals surface area contributed by atoms with E-state index < -0.39 is 10.3 Å². The second kappa shape index (κ2) is 5.99. The van der Waals surface area contributed by atoms with Gasteiger partial charge in [0.25, 0.3) is 5.69 Å². The number of nitro benzene ring substituents is 1. The van der Waals surface area contributed by atoms with Crippen molar-refractivity contribution in [1.29, 1.82) is 0 Å². The van der Waals surface area contributed by atoms with E-state index in [2.05, 4.69) is 10.6 Å². The van der Waals surface area contributed by atoms with Crippen LogP contribution in [0.2, 0.25) is 5.02 Å². The molecule has 2 rings (SSSR count). The highest BCUT2D eigenvalue weighted by Gasteiger charge is 2.44. The molecule has 1 aromatic rings. The normalized spacial score (nSPS) is 21.5. The molecular weight excluding hydrogens is 294 g/mol. The van der Waals surface area contributed by atoms with Crippen LogP contribution in [0, 0.1) is 21.4 Å². The summed E-state index contributed by atoms with van der Waals surface area (Å²) in [4.78, 5) is 23.2. The summed E-state index contributed by atoms with van der Waals surface area (Å²) in [6.07, 6.45) is 0.720. The first kappa shape index (κ1) is 15.7. The van der Waals surface area contributed by atoms with Crippen molar-refractivity contribution in [3.63, 3.8) is 0 Å². The molecule has 7 heteroatoms. The lowest BCUT2D eigenvalue weighted by atomic mass is 9.75. The smallest absolute Gasteiger partial charge is 0.294 e. The largest absolute Gasteiger partial charge is 0.320 e. The molecule has 1 aliphatic heterocycles. The molecule has 1 amide bonds. The number of benzene rings is 1. The number of carbonyl (C=O) groups excluding carboxylic acids is 1. The Morgan fingerprint density at radius 2 is 2.24 bits per heavy atom. The van der Waals surface area contributed by atoms with Gasteiger partial charge >= 0.3 is 0 Å². The Balaban J connectivity index is 2.29. The maximum Gasteiger partial charge on any atom is 0.294 e. The number of nitrogens with one attached hydrogen (secondary N) is 2. The van der Waals surface area contributed by atoms with Gasteiger partial charge in [0.05, 0.1) is 10.3 Å². The van der Waals surface area contributed by atoms with Crippen LogP contribution in [0.4, 0.5) is 11.4 Å². The third kappa shape index (κ3) is 3.01. The first-order valence-corrected chi connectivity index (χ1v) is 7.21. The second-order valence-electron chi connectivity index (χ2n) is 5.61. The maximum atomic E-state index is 12.6. The highest BCUT2D eigenvalue weighted by Crippen LogP contribution is 2.37. The SMILES string of the molecule is CC(C)C1(C(=O)Nc2ccc(Cl)cc2[N+](=O)[O-])CCNC1. The number of halogens is 1. The zero-order valence-electron chi connectivity index (χ0n) is 12.0. The summed E-state index contributed by atoms with van der Waals surface area (Å²) in [7, 11) is 0. The summed E-state index contributed by atoms with van der Waals surface area (Å²) in [5.74, 6) is -0.0493. The fourth-order valence-corrected chi connectivity index (χ4v) is 2.83. The number of hydrogen-bond acceptors (Lipinski definition) is 4. The minimum Gasteiger partial charge on any atom is -0.320 e. The zero-order valence-corrected chi connectivity index (χ0v) is 12.7. The van der Waals surface area contributed by atoms with Crippen molar-refractivity contribution < 1.29 is 9.72 Å². The Hall–Kier alpha value is -1.66. The van der Waals surface area contributed by atoms with Crippen LogP contribution in [0.15, 0.2) is 18.2 Å². The number of nitro groups is 1. The Morgan fingerprint density at radius 3 is 2.76 bits per heavy atom. The van der Waals surface area contributed by atoms with E-state index in [0.29, 0.717) is 6.54 Å². The Kier molecular flexibility index (Phi) is 4.49. The topological polar surface area (TPSA) is 84.3 Å². The fraction of sp³-hybridized carbons (Fsp3) is 0.500. The summed E-state index contributed by atoms with van der Waals surface area (Å²) in [5.41, 5.74) is -0.546. The molecule has 1 saturated heterocycles. The molecule has 1 aliphatic rings. The molecule has 6 nitrogen and oxygen atoms in total. The van der Waals surface area contributed by atoms with Crippen LogP contribution in [0.1, 0.15) is 20.3 Å².